The molecule has 1 nitrogen and oxygen atoms in total. The van der Waals surface area contributed by atoms with E-state index in [0.29, 0.717) is 0 Å². The van der Waals surface area contributed by atoms with Crippen LogP contribution < -0.4 is 0 Å². The van der Waals surface area contributed by atoms with Crippen LogP contribution in [0.5, 0.6) is 0 Å². The van der Waals surface area contributed by atoms with Gasteiger partial charge in [-0.2, -0.15) is 0 Å². The lowest BCUT2D eigenvalue weighted by molar-refractivity contribution is 0.283. The minimum Gasteiger partial charge on any atom is -0.392 e. The Balaban J connectivity index is 2.80. The number of aliphatic hydroxyl groups is 1. The van der Waals surface area contributed by atoms with Crippen molar-refractivity contribution >= 4 is 50.0 Å². The summed E-state index contributed by atoms with van der Waals surface area (Å²) in [4.78, 5) is 0. The van der Waals surface area contributed by atoms with Crippen LogP contribution in [0, 0.1) is 0 Å². The van der Waals surface area contributed by atoms with E-state index in [1.807, 2.05) is 18.2 Å². The maximum Gasteiger partial charge on any atom is 0.0696 e. The third kappa shape index (κ3) is 1.76. The predicted molar refractivity (Wildman–Crippen MR) is 62.7 cm³/mol. The minimum atomic E-state index is 0.0731. The Hall–Kier alpha value is -0.0300. The number of thiophene rings is 1. The Morgan fingerprint density at radius 3 is 2.85 bits per heavy atom. The van der Waals surface area contributed by atoms with Crippen molar-refractivity contribution in [1.82, 2.24) is 0 Å². The molecular weight excluding hydrogens is 268 g/mol. The summed E-state index contributed by atoms with van der Waals surface area (Å²) in [6.07, 6.45) is 0. The van der Waals surface area contributed by atoms with Crippen molar-refractivity contribution in [3.63, 3.8) is 0 Å². The number of halogens is 1. The van der Waals surface area contributed by atoms with Crippen molar-refractivity contribution in [2.75, 3.05) is 0 Å². The zero-order chi connectivity index (χ0) is 9.42. The number of thiol groups is 1. The highest BCUT2D eigenvalue weighted by molar-refractivity contribution is 9.10. The second-order valence-corrected chi connectivity index (χ2v) is 5.48. The number of hydrogen-bond donors (Lipinski definition) is 2. The van der Waals surface area contributed by atoms with E-state index in [1.54, 1.807) is 11.3 Å². The fourth-order valence-electron chi connectivity index (χ4n) is 1.29. The molecule has 2 aromatic rings. The molecule has 0 saturated carbocycles. The highest BCUT2D eigenvalue weighted by Gasteiger charge is 2.05. The summed E-state index contributed by atoms with van der Waals surface area (Å²) >= 11 is 9.28. The Morgan fingerprint density at radius 2 is 2.15 bits per heavy atom. The molecular formula is C9H7BrOS2. The SMILES string of the molecule is OCc1cc(Br)cc2cc(S)sc12. The van der Waals surface area contributed by atoms with Crippen LogP contribution in [0.25, 0.3) is 10.1 Å². The van der Waals surface area contributed by atoms with Crippen LogP contribution in [-0.2, 0) is 6.61 Å². The fraction of sp³-hybridized carbons (Fsp3) is 0.111. The largest absolute Gasteiger partial charge is 0.392 e. The highest BCUT2D eigenvalue weighted by Crippen LogP contribution is 2.33. The molecule has 0 aliphatic rings. The van der Waals surface area contributed by atoms with E-state index in [2.05, 4.69) is 28.6 Å². The first kappa shape index (κ1) is 9.52. The van der Waals surface area contributed by atoms with Crippen LogP contribution >= 0.6 is 39.9 Å². The number of hydrogen-bond acceptors (Lipinski definition) is 3. The molecule has 0 saturated heterocycles. The molecule has 68 valence electrons. The summed E-state index contributed by atoms with van der Waals surface area (Å²) in [6.45, 7) is 0.0731. The summed E-state index contributed by atoms with van der Waals surface area (Å²) in [5, 5.41) is 10.3. The van der Waals surface area contributed by atoms with E-state index in [9.17, 15) is 0 Å². The van der Waals surface area contributed by atoms with Crippen molar-refractivity contribution in [2.45, 2.75) is 10.8 Å². The van der Waals surface area contributed by atoms with E-state index in [1.165, 1.54) is 0 Å². The summed E-state index contributed by atoms with van der Waals surface area (Å²) in [6, 6.07) is 5.98. The average molecular weight is 275 g/mol. The van der Waals surface area contributed by atoms with Gasteiger partial charge in [-0.1, -0.05) is 15.9 Å². The quantitative estimate of drug-likeness (QED) is 0.764. The van der Waals surface area contributed by atoms with Crippen LogP contribution in [0.15, 0.2) is 26.9 Å². The fourth-order valence-corrected chi connectivity index (χ4v) is 3.11. The maximum atomic E-state index is 9.13. The first-order chi connectivity index (χ1) is 6.20. The van der Waals surface area contributed by atoms with Gasteiger partial charge < -0.3 is 5.11 Å². The van der Waals surface area contributed by atoms with Crippen LogP contribution in [0.4, 0.5) is 0 Å². The van der Waals surface area contributed by atoms with Crippen molar-refractivity contribution < 1.29 is 5.11 Å². The Kier molecular flexibility index (Phi) is 2.65. The summed E-state index contributed by atoms with van der Waals surface area (Å²) in [5.74, 6) is 0. The van der Waals surface area contributed by atoms with Crippen LogP contribution in [0.1, 0.15) is 5.56 Å². The lowest BCUT2D eigenvalue weighted by Crippen LogP contribution is -1.82. The van der Waals surface area contributed by atoms with Gasteiger partial charge >= 0.3 is 0 Å². The van der Waals surface area contributed by atoms with Gasteiger partial charge in [0.15, 0.2) is 0 Å². The number of aliphatic hydroxyl groups excluding tert-OH is 1. The van der Waals surface area contributed by atoms with Gasteiger partial charge in [-0.05, 0) is 29.1 Å². The Bertz CT molecular complexity index is 450. The molecule has 13 heavy (non-hydrogen) atoms. The molecule has 2 rings (SSSR count). The zero-order valence-electron chi connectivity index (χ0n) is 6.62. The molecule has 1 heterocycles. The molecule has 1 N–H and O–H groups in total. The second-order valence-electron chi connectivity index (χ2n) is 2.73. The second kappa shape index (κ2) is 3.61. The molecule has 0 fully saturated rings. The standard InChI is InChI=1S/C9H7BrOS2/c10-7-1-5-3-8(12)13-9(5)6(2-7)4-11/h1-3,11-12H,4H2. The molecule has 1 aromatic carbocycles. The molecule has 0 bridgehead atoms. The van der Waals surface area contributed by atoms with E-state index in [0.717, 1.165) is 24.3 Å². The molecule has 0 unspecified atom stereocenters. The van der Waals surface area contributed by atoms with E-state index in [4.69, 9.17) is 5.11 Å². The molecule has 0 atom stereocenters. The van der Waals surface area contributed by atoms with E-state index < -0.39 is 0 Å². The van der Waals surface area contributed by atoms with Gasteiger partial charge in [-0.25, -0.2) is 0 Å². The molecule has 0 aliphatic heterocycles. The maximum absolute atomic E-state index is 9.13. The molecule has 1 aromatic heterocycles. The first-order valence-corrected chi connectivity index (χ1v) is 5.78. The summed E-state index contributed by atoms with van der Waals surface area (Å²) in [5.41, 5.74) is 0.953. The lowest BCUT2D eigenvalue weighted by atomic mass is 10.2. The minimum absolute atomic E-state index is 0.0731. The van der Waals surface area contributed by atoms with Gasteiger partial charge in [0.05, 0.1) is 10.8 Å². The topological polar surface area (TPSA) is 20.2 Å². The number of benzene rings is 1. The Labute approximate surface area is 93.9 Å². The zero-order valence-corrected chi connectivity index (χ0v) is 9.92. The number of rotatable bonds is 1. The van der Waals surface area contributed by atoms with Crippen LogP contribution in [0.2, 0.25) is 0 Å². The van der Waals surface area contributed by atoms with E-state index in [-0.39, 0.29) is 6.61 Å². The van der Waals surface area contributed by atoms with Gasteiger partial charge in [0.25, 0.3) is 0 Å². The van der Waals surface area contributed by atoms with Crippen molar-refractivity contribution in [3.8, 4) is 0 Å². The van der Waals surface area contributed by atoms with Gasteiger partial charge in [-0.15, -0.1) is 24.0 Å². The van der Waals surface area contributed by atoms with Gasteiger partial charge in [0.1, 0.15) is 0 Å². The Morgan fingerprint density at radius 1 is 1.38 bits per heavy atom. The normalized spacial score (nSPS) is 11.0. The van der Waals surface area contributed by atoms with Gasteiger partial charge in [0.2, 0.25) is 0 Å². The smallest absolute Gasteiger partial charge is 0.0696 e. The molecule has 4 heteroatoms. The summed E-state index contributed by atoms with van der Waals surface area (Å²) in [7, 11) is 0. The van der Waals surface area contributed by atoms with Crippen molar-refractivity contribution in [3.05, 3.63) is 28.2 Å². The third-order valence-corrected chi connectivity index (χ3v) is 3.71. The van der Waals surface area contributed by atoms with Gasteiger partial charge in [-0.3, -0.25) is 0 Å². The van der Waals surface area contributed by atoms with Crippen LogP contribution in [0.3, 0.4) is 0 Å². The summed E-state index contributed by atoms with van der Waals surface area (Å²) < 4.78 is 3.09. The molecule has 0 spiro atoms. The van der Waals surface area contributed by atoms with Gasteiger partial charge in [0, 0.05) is 9.17 Å². The highest BCUT2D eigenvalue weighted by atomic mass is 79.9. The molecule has 0 amide bonds. The lowest BCUT2D eigenvalue weighted by Gasteiger charge is -1.99. The van der Waals surface area contributed by atoms with E-state index >= 15 is 0 Å². The molecule has 0 radical (unpaired) electrons. The third-order valence-electron chi connectivity index (χ3n) is 1.82. The molecule has 0 aliphatic carbocycles. The number of fused-ring (bicyclic) bond motifs is 1. The monoisotopic (exact) mass is 274 g/mol. The first-order valence-electron chi connectivity index (χ1n) is 3.72. The van der Waals surface area contributed by atoms with Crippen LogP contribution in [-0.4, -0.2) is 5.11 Å². The van der Waals surface area contributed by atoms with Crippen molar-refractivity contribution in [2.24, 2.45) is 0 Å². The predicted octanol–water partition coefficient (Wildman–Crippen LogP) is 3.44. The van der Waals surface area contributed by atoms with Crippen molar-refractivity contribution in [1.29, 1.82) is 0 Å². The average Bonchev–Trinajstić information content (AvgIpc) is 2.43.